The maximum absolute atomic E-state index is 12.6. The zero-order valence-corrected chi connectivity index (χ0v) is 16.5. The van der Waals surface area contributed by atoms with Crippen LogP contribution in [0.2, 0.25) is 0 Å². The standard InChI is InChI=1S/C21H30N4O2/c1-16(26)18-5-6-19(22-13-18)25-12-11-23(2)21(15-25)8-7-20(27)24(10-9-21)14-17-3-4-17/h5-6,13,17H,3-4,7-12,14-15H2,1-2H3/t21-/m1/s1. The van der Waals surface area contributed by atoms with Gasteiger partial charge in [0.2, 0.25) is 5.91 Å². The molecule has 27 heavy (non-hydrogen) atoms. The van der Waals surface area contributed by atoms with E-state index in [1.54, 1.807) is 13.1 Å². The summed E-state index contributed by atoms with van der Waals surface area (Å²) in [4.78, 5) is 35.5. The number of carbonyl (C=O) groups is 2. The van der Waals surface area contributed by atoms with E-state index < -0.39 is 0 Å². The molecule has 1 spiro atoms. The number of likely N-dealkylation sites (tertiary alicyclic amines) is 1. The Labute approximate surface area is 161 Å². The Morgan fingerprint density at radius 1 is 1.22 bits per heavy atom. The number of hydrogen-bond acceptors (Lipinski definition) is 5. The van der Waals surface area contributed by atoms with Gasteiger partial charge in [-0.1, -0.05) is 0 Å². The first kappa shape index (κ1) is 18.4. The van der Waals surface area contributed by atoms with Crippen molar-refractivity contribution >= 4 is 17.5 Å². The summed E-state index contributed by atoms with van der Waals surface area (Å²) in [6.07, 6.45) is 6.81. The van der Waals surface area contributed by atoms with Gasteiger partial charge in [-0.05, 0) is 57.7 Å². The highest BCUT2D eigenvalue weighted by atomic mass is 16.2. The van der Waals surface area contributed by atoms with Crippen molar-refractivity contribution in [2.45, 2.75) is 44.6 Å². The maximum Gasteiger partial charge on any atom is 0.222 e. The normalized spacial score (nSPS) is 27.1. The summed E-state index contributed by atoms with van der Waals surface area (Å²) in [7, 11) is 2.20. The molecule has 1 aliphatic carbocycles. The molecule has 1 aromatic heterocycles. The molecule has 1 aromatic rings. The number of aromatic nitrogens is 1. The van der Waals surface area contributed by atoms with E-state index >= 15 is 0 Å². The second kappa shape index (κ2) is 7.23. The average Bonchev–Trinajstić information content (AvgIpc) is 3.50. The molecule has 0 radical (unpaired) electrons. The molecule has 0 aromatic carbocycles. The largest absolute Gasteiger partial charge is 0.353 e. The SMILES string of the molecule is CC(=O)c1ccc(N2CCN(C)[C@@]3(CCC(=O)N(CC4CC4)CC3)C2)nc1. The lowest BCUT2D eigenvalue weighted by molar-refractivity contribution is -0.130. The van der Waals surface area contributed by atoms with Gasteiger partial charge in [0.15, 0.2) is 5.78 Å². The third-order valence-electron chi connectivity index (χ3n) is 6.66. The number of pyridine rings is 1. The summed E-state index contributed by atoms with van der Waals surface area (Å²) in [5, 5.41) is 0. The number of hydrogen-bond donors (Lipinski definition) is 0. The number of nitrogens with zero attached hydrogens (tertiary/aromatic N) is 4. The summed E-state index contributed by atoms with van der Waals surface area (Å²) < 4.78 is 0. The Balaban J connectivity index is 1.49. The van der Waals surface area contributed by atoms with Gasteiger partial charge in [0.25, 0.3) is 0 Å². The smallest absolute Gasteiger partial charge is 0.222 e. The van der Waals surface area contributed by atoms with Gasteiger partial charge in [-0.3, -0.25) is 14.5 Å². The van der Waals surface area contributed by atoms with E-state index in [1.165, 1.54) is 12.8 Å². The highest BCUT2D eigenvalue weighted by Crippen LogP contribution is 2.35. The van der Waals surface area contributed by atoms with Gasteiger partial charge in [0.1, 0.15) is 5.82 Å². The third-order valence-corrected chi connectivity index (χ3v) is 6.66. The number of anilines is 1. The topological polar surface area (TPSA) is 56.8 Å². The molecule has 2 saturated heterocycles. The van der Waals surface area contributed by atoms with Crippen LogP contribution in [0.15, 0.2) is 18.3 Å². The van der Waals surface area contributed by atoms with Crippen LogP contribution in [0.1, 0.15) is 49.4 Å². The number of carbonyl (C=O) groups excluding carboxylic acids is 2. The molecule has 0 bridgehead atoms. The Bertz CT molecular complexity index is 715. The molecular formula is C21H30N4O2. The molecule has 4 rings (SSSR count). The van der Waals surface area contributed by atoms with Gasteiger partial charge in [-0.25, -0.2) is 4.98 Å². The Hall–Kier alpha value is -1.95. The molecule has 3 heterocycles. The minimum atomic E-state index is 0.0210. The lowest BCUT2D eigenvalue weighted by Crippen LogP contribution is -2.61. The monoisotopic (exact) mass is 370 g/mol. The fourth-order valence-corrected chi connectivity index (χ4v) is 4.48. The Kier molecular flexibility index (Phi) is 4.93. The minimum absolute atomic E-state index is 0.0210. The fraction of sp³-hybridized carbons (Fsp3) is 0.667. The van der Waals surface area contributed by atoms with E-state index in [4.69, 9.17) is 0 Å². The molecule has 3 aliphatic rings. The number of ketones is 1. The first-order valence-electron chi connectivity index (χ1n) is 10.2. The highest BCUT2D eigenvalue weighted by Gasteiger charge is 2.43. The van der Waals surface area contributed by atoms with Crippen LogP contribution in [0.25, 0.3) is 0 Å². The fourth-order valence-electron chi connectivity index (χ4n) is 4.48. The summed E-state index contributed by atoms with van der Waals surface area (Å²) in [5.41, 5.74) is 0.672. The van der Waals surface area contributed by atoms with Gasteiger partial charge < -0.3 is 9.80 Å². The third kappa shape index (κ3) is 3.86. The molecule has 1 saturated carbocycles. The van der Waals surface area contributed by atoms with E-state index in [0.717, 1.165) is 57.3 Å². The van der Waals surface area contributed by atoms with E-state index in [2.05, 4.69) is 26.7 Å². The lowest BCUT2D eigenvalue weighted by Gasteiger charge is -2.49. The molecule has 1 amide bonds. The van der Waals surface area contributed by atoms with Crippen LogP contribution in [-0.4, -0.2) is 71.8 Å². The molecule has 0 N–H and O–H groups in total. The molecule has 6 heteroatoms. The van der Waals surface area contributed by atoms with Crippen LogP contribution in [0.3, 0.4) is 0 Å². The van der Waals surface area contributed by atoms with Gasteiger partial charge >= 0.3 is 0 Å². The maximum atomic E-state index is 12.6. The molecule has 1 atom stereocenters. The van der Waals surface area contributed by atoms with E-state index in [0.29, 0.717) is 17.9 Å². The summed E-state index contributed by atoms with van der Waals surface area (Å²) in [5.74, 6) is 2.04. The zero-order chi connectivity index (χ0) is 19.0. The predicted molar refractivity (Wildman–Crippen MR) is 105 cm³/mol. The molecule has 6 nitrogen and oxygen atoms in total. The van der Waals surface area contributed by atoms with E-state index in [1.807, 2.05) is 12.1 Å². The highest BCUT2D eigenvalue weighted by molar-refractivity contribution is 5.93. The van der Waals surface area contributed by atoms with Crippen LogP contribution in [0.5, 0.6) is 0 Å². The van der Waals surface area contributed by atoms with Crippen molar-refractivity contribution in [1.29, 1.82) is 0 Å². The van der Waals surface area contributed by atoms with Gasteiger partial charge in [-0.15, -0.1) is 0 Å². The molecule has 2 aliphatic heterocycles. The summed E-state index contributed by atoms with van der Waals surface area (Å²) >= 11 is 0. The van der Waals surface area contributed by atoms with Gasteiger partial charge in [-0.2, -0.15) is 0 Å². The van der Waals surface area contributed by atoms with Crippen LogP contribution >= 0.6 is 0 Å². The van der Waals surface area contributed by atoms with Crippen LogP contribution in [0, 0.1) is 5.92 Å². The van der Waals surface area contributed by atoms with Crippen LogP contribution < -0.4 is 4.90 Å². The first-order chi connectivity index (χ1) is 13.0. The van der Waals surface area contributed by atoms with Crippen molar-refractivity contribution in [2.24, 2.45) is 5.92 Å². The van der Waals surface area contributed by atoms with Crippen molar-refractivity contribution in [3.8, 4) is 0 Å². The van der Waals surface area contributed by atoms with Crippen LogP contribution in [0.4, 0.5) is 5.82 Å². The second-order valence-electron chi connectivity index (χ2n) is 8.56. The van der Waals surface area contributed by atoms with Crippen molar-refractivity contribution in [3.63, 3.8) is 0 Å². The zero-order valence-electron chi connectivity index (χ0n) is 16.5. The van der Waals surface area contributed by atoms with Gasteiger partial charge in [0, 0.05) is 56.4 Å². The summed E-state index contributed by atoms with van der Waals surface area (Å²) in [6, 6.07) is 3.82. The molecular weight excluding hydrogens is 340 g/mol. The number of piperazine rings is 1. The first-order valence-corrected chi connectivity index (χ1v) is 10.2. The van der Waals surface area contributed by atoms with E-state index in [9.17, 15) is 9.59 Å². The van der Waals surface area contributed by atoms with Crippen LogP contribution in [-0.2, 0) is 4.79 Å². The molecule has 0 unspecified atom stereocenters. The van der Waals surface area contributed by atoms with Crippen molar-refractivity contribution in [2.75, 3.05) is 44.7 Å². The van der Waals surface area contributed by atoms with Crippen molar-refractivity contribution in [1.82, 2.24) is 14.8 Å². The quantitative estimate of drug-likeness (QED) is 0.761. The van der Waals surface area contributed by atoms with Crippen molar-refractivity contribution < 1.29 is 9.59 Å². The minimum Gasteiger partial charge on any atom is -0.353 e. The Morgan fingerprint density at radius 2 is 2.04 bits per heavy atom. The Morgan fingerprint density at radius 3 is 2.70 bits per heavy atom. The number of amides is 1. The number of likely N-dealkylation sites (N-methyl/N-ethyl adjacent to an activating group) is 1. The molecule has 146 valence electrons. The second-order valence-corrected chi connectivity index (χ2v) is 8.56. The van der Waals surface area contributed by atoms with Crippen molar-refractivity contribution in [3.05, 3.63) is 23.9 Å². The predicted octanol–water partition coefficient (Wildman–Crippen LogP) is 2.20. The number of Topliss-reactive ketones (excluding diaryl/α,β-unsaturated/α-hetero) is 1. The average molecular weight is 370 g/mol. The van der Waals surface area contributed by atoms with E-state index in [-0.39, 0.29) is 11.3 Å². The number of rotatable bonds is 4. The van der Waals surface area contributed by atoms with Gasteiger partial charge in [0.05, 0.1) is 0 Å². The summed E-state index contributed by atoms with van der Waals surface area (Å²) in [6.45, 7) is 6.16. The molecule has 3 fully saturated rings. The lowest BCUT2D eigenvalue weighted by atomic mass is 9.86.